The molecule has 3 N–H and O–H groups in total. The number of aromatic nitrogens is 1. The Morgan fingerprint density at radius 1 is 1.47 bits per heavy atom. The van der Waals surface area contributed by atoms with Gasteiger partial charge in [0, 0.05) is 6.20 Å². The molecule has 0 saturated carbocycles. The number of nitrogens with two attached hydrogens (primary N) is 1. The lowest BCUT2D eigenvalue weighted by Crippen LogP contribution is -2.37. The molecule has 5 nitrogen and oxygen atoms in total. The van der Waals surface area contributed by atoms with Crippen molar-refractivity contribution in [2.45, 2.75) is 12.7 Å². The molecule has 0 saturated heterocycles. The fraction of sp³-hybridized carbons (Fsp3) is 0.333. The van der Waals surface area contributed by atoms with Gasteiger partial charge in [0.15, 0.2) is 0 Å². The maximum atomic E-state index is 11.8. The molecule has 1 heterocycles. The van der Waals surface area contributed by atoms with Crippen molar-refractivity contribution in [1.82, 2.24) is 9.88 Å². The molecule has 0 fully saturated rings. The largest absolute Gasteiger partial charge is 0.405 e. The van der Waals surface area contributed by atoms with Gasteiger partial charge in [0.05, 0.1) is 5.69 Å². The summed E-state index contributed by atoms with van der Waals surface area (Å²) in [6.07, 6.45) is -3.21. The summed E-state index contributed by atoms with van der Waals surface area (Å²) in [7, 11) is 0. The van der Waals surface area contributed by atoms with Gasteiger partial charge in [0.25, 0.3) is 5.56 Å². The molecule has 0 atom stereocenters. The van der Waals surface area contributed by atoms with E-state index in [-0.39, 0.29) is 5.69 Å². The highest BCUT2D eigenvalue weighted by molar-refractivity contribution is 5.75. The molecule has 0 aromatic carbocycles. The second-order valence-electron chi connectivity index (χ2n) is 3.29. The third-order valence-electron chi connectivity index (χ3n) is 1.85. The quantitative estimate of drug-likeness (QED) is 0.798. The Hall–Kier alpha value is -1.99. The summed E-state index contributed by atoms with van der Waals surface area (Å²) in [6, 6.07) is 2.76. The number of rotatable bonds is 3. The van der Waals surface area contributed by atoms with Crippen LogP contribution in [-0.4, -0.2) is 23.2 Å². The summed E-state index contributed by atoms with van der Waals surface area (Å²) in [5, 5.41) is 1.65. The van der Waals surface area contributed by atoms with Crippen molar-refractivity contribution in [3.05, 3.63) is 28.7 Å². The van der Waals surface area contributed by atoms with Crippen molar-refractivity contribution in [1.29, 1.82) is 0 Å². The van der Waals surface area contributed by atoms with Crippen molar-refractivity contribution in [2.75, 3.05) is 12.3 Å². The van der Waals surface area contributed by atoms with E-state index in [1.807, 2.05) is 0 Å². The highest BCUT2D eigenvalue weighted by Crippen LogP contribution is 2.11. The van der Waals surface area contributed by atoms with E-state index in [0.29, 0.717) is 0 Å². The second-order valence-corrected chi connectivity index (χ2v) is 3.29. The molecular weight excluding hydrogens is 239 g/mol. The molecule has 0 aliphatic carbocycles. The van der Waals surface area contributed by atoms with Gasteiger partial charge >= 0.3 is 6.18 Å². The number of hydrogen-bond acceptors (Lipinski definition) is 3. The van der Waals surface area contributed by atoms with Gasteiger partial charge in [0.2, 0.25) is 5.91 Å². The standard InChI is InChI=1S/C9H10F3N3O2/c10-9(11,12)5-14-7(16)4-15-3-1-2-6(13)8(15)17/h1-3H,4-5,13H2,(H,14,16). The van der Waals surface area contributed by atoms with Gasteiger partial charge in [-0.2, -0.15) is 13.2 Å². The molecule has 0 aliphatic heterocycles. The molecule has 17 heavy (non-hydrogen) atoms. The van der Waals surface area contributed by atoms with Crippen LogP contribution in [0.4, 0.5) is 18.9 Å². The summed E-state index contributed by atoms with van der Waals surface area (Å²) in [5.41, 5.74) is 4.61. The van der Waals surface area contributed by atoms with Crippen LogP contribution >= 0.6 is 0 Å². The molecule has 1 amide bonds. The Balaban J connectivity index is 2.63. The van der Waals surface area contributed by atoms with Crippen LogP contribution in [0.2, 0.25) is 0 Å². The smallest absolute Gasteiger partial charge is 0.394 e. The Morgan fingerprint density at radius 2 is 2.12 bits per heavy atom. The molecule has 0 spiro atoms. The van der Waals surface area contributed by atoms with Crippen LogP contribution in [0.15, 0.2) is 23.1 Å². The number of nitrogens with zero attached hydrogens (tertiary/aromatic N) is 1. The number of carbonyl (C=O) groups excluding carboxylic acids is 1. The lowest BCUT2D eigenvalue weighted by atomic mass is 10.4. The maximum absolute atomic E-state index is 11.8. The Bertz CT molecular complexity index is 467. The molecule has 0 bridgehead atoms. The molecule has 0 unspecified atom stereocenters. The van der Waals surface area contributed by atoms with Gasteiger partial charge in [-0.1, -0.05) is 0 Å². The number of nitrogen functional groups attached to an aromatic ring is 1. The van der Waals surface area contributed by atoms with Gasteiger partial charge in [-0.25, -0.2) is 0 Å². The minimum atomic E-state index is -4.48. The van der Waals surface area contributed by atoms with Crippen LogP contribution in [0.3, 0.4) is 0 Å². The number of carbonyl (C=O) groups is 1. The number of halogens is 3. The van der Waals surface area contributed by atoms with Gasteiger partial charge in [-0.15, -0.1) is 0 Å². The molecule has 0 radical (unpaired) electrons. The molecule has 1 aromatic heterocycles. The van der Waals surface area contributed by atoms with Crippen molar-refractivity contribution in [3.63, 3.8) is 0 Å². The van der Waals surface area contributed by atoms with Crippen LogP contribution in [0, 0.1) is 0 Å². The van der Waals surface area contributed by atoms with Crippen molar-refractivity contribution in [3.8, 4) is 0 Å². The van der Waals surface area contributed by atoms with Crippen molar-refractivity contribution >= 4 is 11.6 Å². The van der Waals surface area contributed by atoms with E-state index >= 15 is 0 Å². The monoisotopic (exact) mass is 249 g/mol. The van der Waals surface area contributed by atoms with E-state index in [0.717, 1.165) is 4.57 Å². The topological polar surface area (TPSA) is 77.1 Å². The molecule has 1 aromatic rings. The van der Waals surface area contributed by atoms with Gasteiger partial charge in [0.1, 0.15) is 13.1 Å². The van der Waals surface area contributed by atoms with E-state index in [9.17, 15) is 22.8 Å². The molecule has 8 heteroatoms. The van der Waals surface area contributed by atoms with Crippen LogP contribution < -0.4 is 16.6 Å². The van der Waals surface area contributed by atoms with Crippen LogP contribution in [0.25, 0.3) is 0 Å². The van der Waals surface area contributed by atoms with Crippen LogP contribution in [-0.2, 0) is 11.3 Å². The zero-order valence-electron chi connectivity index (χ0n) is 8.62. The Labute approximate surface area is 94.0 Å². The number of anilines is 1. The van der Waals surface area contributed by atoms with E-state index in [1.54, 1.807) is 5.32 Å². The maximum Gasteiger partial charge on any atom is 0.405 e. The zero-order chi connectivity index (χ0) is 13.1. The summed E-state index contributed by atoms with van der Waals surface area (Å²) in [4.78, 5) is 22.5. The average Bonchev–Trinajstić information content (AvgIpc) is 2.21. The summed E-state index contributed by atoms with van der Waals surface area (Å²) >= 11 is 0. The Morgan fingerprint density at radius 3 is 2.71 bits per heavy atom. The number of amides is 1. The van der Waals surface area contributed by atoms with Crippen molar-refractivity contribution in [2.24, 2.45) is 0 Å². The van der Waals surface area contributed by atoms with Crippen LogP contribution in [0.5, 0.6) is 0 Å². The first-order valence-corrected chi connectivity index (χ1v) is 4.58. The number of nitrogens with one attached hydrogen (secondary N) is 1. The fourth-order valence-corrected chi connectivity index (χ4v) is 1.09. The van der Waals surface area contributed by atoms with E-state index in [4.69, 9.17) is 5.73 Å². The summed E-state index contributed by atoms with van der Waals surface area (Å²) in [6.45, 7) is -1.93. The Kier molecular flexibility index (Phi) is 3.77. The third kappa shape index (κ3) is 4.17. The fourth-order valence-electron chi connectivity index (χ4n) is 1.09. The average molecular weight is 249 g/mol. The van der Waals surface area contributed by atoms with E-state index in [2.05, 4.69) is 0 Å². The van der Waals surface area contributed by atoms with Gasteiger partial charge < -0.3 is 15.6 Å². The first-order chi connectivity index (χ1) is 7.79. The number of pyridine rings is 1. The normalized spacial score (nSPS) is 11.2. The second kappa shape index (κ2) is 4.89. The number of hydrogen-bond donors (Lipinski definition) is 2. The van der Waals surface area contributed by atoms with E-state index < -0.39 is 30.7 Å². The first-order valence-electron chi connectivity index (χ1n) is 4.58. The number of alkyl halides is 3. The lowest BCUT2D eigenvalue weighted by molar-refractivity contribution is -0.138. The first kappa shape index (κ1) is 13.1. The molecular formula is C9H10F3N3O2. The predicted molar refractivity (Wildman–Crippen MR) is 54.2 cm³/mol. The molecule has 0 aliphatic rings. The molecule has 94 valence electrons. The minimum absolute atomic E-state index is 0.0730. The zero-order valence-corrected chi connectivity index (χ0v) is 8.62. The predicted octanol–water partition coefficient (Wildman–Crippen LogP) is 0.109. The van der Waals surface area contributed by atoms with Crippen molar-refractivity contribution < 1.29 is 18.0 Å². The van der Waals surface area contributed by atoms with Gasteiger partial charge in [-0.05, 0) is 12.1 Å². The summed E-state index contributed by atoms with van der Waals surface area (Å²) in [5.74, 6) is -0.907. The highest BCUT2D eigenvalue weighted by Gasteiger charge is 2.27. The van der Waals surface area contributed by atoms with Gasteiger partial charge in [-0.3, -0.25) is 9.59 Å². The van der Waals surface area contributed by atoms with Crippen LogP contribution in [0.1, 0.15) is 0 Å². The third-order valence-corrected chi connectivity index (χ3v) is 1.85. The molecule has 1 rings (SSSR count). The SMILES string of the molecule is Nc1cccn(CC(=O)NCC(F)(F)F)c1=O. The minimum Gasteiger partial charge on any atom is -0.394 e. The highest BCUT2D eigenvalue weighted by atomic mass is 19.4. The summed E-state index contributed by atoms with van der Waals surface area (Å²) < 4.78 is 36.3. The lowest BCUT2D eigenvalue weighted by Gasteiger charge is -2.09. The van der Waals surface area contributed by atoms with E-state index in [1.165, 1.54) is 18.3 Å².